The van der Waals surface area contributed by atoms with Crippen LogP contribution in [0.25, 0.3) is 0 Å². The molecule has 1 atom stereocenters. The van der Waals surface area contributed by atoms with Gasteiger partial charge in [0.05, 0.1) is 13.7 Å². The van der Waals surface area contributed by atoms with Crippen LogP contribution in [0.4, 0.5) is 0 Å². The Hall–Kier alpha value is -1.36. The number of esters is 1. The molecule has 0 aromatic carbocycles. The second kappa shape index (κ2) is 3.90. The van der Waals surface area contributed by atoms with E-state index in [0.717, 1.165) is 18.5 Å². The van der Waals surface area contributed by atoms with Crippen molar-refractivity contribution in [2.24, 2.45) is 11.7 Å². The SMILES string of the molecule is COC(=O)C(N)(Cn1nccc1C)C1CC1. The van der Waals surface area contributed by atoms with Gasteiger partial charge in [-0.05, 0) is 31.7 Å². The first kappa shape index (κ1) is 11.1. The number of nitrogens with two attached hydrogens (primary N) is 1. The third kappa shape index (κ3) is 1.82. The van der Waals surface area contributed by atoms with Gasteiger partial charge in [-0.2, -0.15) is 5.10 Å². The molecule has 16 heavy (non-hydrogen) atoms. The maximum absolute atomic E-state index is 11.8. The molecular weight excluding hydrogens is 206 g/mol. The average molecular weight is 223 g/mol. The molecule has 0 spiro atoms. The summed E-state index contributed by atoms with van der Waals surface area (Å²) < 4.78 is 6.56. The second-order valence-electron chi connectivity index (χ2n) is 4.44. The van der Waals surface area contributed by atoms with E-state index in [1.165, 1.54) is 7.11 Å². The molecule has 2 rings (SSSR count). The van der Waals surface area contributed by atoms with Crippen LogP contribution in [-0.2, 0) is 16.1 Å². The Bertz CT molecular complexity index is 398. The average Bonchev–Trinajstić information content (AvgIpc) is 3.05. The van der Waals surface area contributed by atoms with Gasteiger partial charge in [0.25, 0.3) is 0 Å². The minimum Gasteiger partial charge on any atom is -0.468 e. The molecule has 1 unspecified atom stereocenters. The third-order valence-electron chi connectivity index (χ3n) is 3.21. The van der Waals surface area contributed by atoms with Crippen LogP contribution in [0.1, 0.15) is 18.5 Å². The van der Waals surface area contributed by atoms with Crippen molar-refractivity contribution in [2.45, 2.75) is 31.8 Å². The standard InChI is InChI=1S/C11H17N3O2/c1-8-5-6-13-14(8)7-11(12,9-3-4-9)10(15)16-2/h5-6,9H,3-4,7,12H2,1-2H3. The molecule has 2 N–H and O–H groups in total. The normalized spacial score (nSPS) is 19.2. The van der Waals surface area contributed by atoms with E-state index in [9.17, 15) is 4.79 Å². The molecule has 1 aliphatic carbocycles. The van der Waals surface area contributed by atoms with Crippen LogP contribution in [0.5, 0.6) is 0 Å². The lowest BCUT2D eigenvalue weighted by molar-refractivity contribution is -0.148. The first-order valence-electron chi connectivity index (χ1n) is 5.43. The molecule has 1 saturated carbocycles. The molecule has 5 heteroatoms. The monoisotopic (exact) mass is 223 g/mol. The summed E-state index contributed by atoms with van der Waals surface area (Å²) in [7, 11) is 1.38. The predicted molar refractivity (Wildman–Crippen MR) is 58.6 cm³/mol. The highest BCUT2D eigenvalue weighted by molar-refractivity contribution is 5.81. The Labute approximate surface area is 94.6 Å². The van der Waals surface area contributed by atoms with E-state index in [2.05, 4.69) is 5.10 Å². The second-order valence-corrected chi connectivity index (χ2v) is 4.44. The van der Waals surface area contributed by atoms with E-state index < -0.39 is 5.54 Å². The molecule has 5 nitrogen and oxygen atoms in total. The number of carbonyl (C=O) groups excluding carboxylic acids is 1. The van der Waals surface area contributed by atoms with Gasteiger partial charge in [-0.25, -0.2) is 4.79 Å². The quantitative estimate of drug-likeness (QED) is 0.753. The number of aromatic nitrogens is 2. The zero-order chi connectivity index (χ0) is 11.8. The molecule has 0 amide bonds. The summed E-state index contributed by atoms with van der Waals surface area (Å²) in [6, 6.07) is 1.89. The van der Waals surface area contributed by atoms with Crippen molar-refractivity contribution in [1.82, 2.24) is 9.78 Å². The number of ether oxygens (including phenoxy) is 1. The molecule has 1 aromatic heterocycles. The molecule has 88 valence electrons. The van der Waals surface area contributed by atoms with Gasteiger partial charge in [-0.3, -0.25) is 4.68 Å². The topological polar surface area (TPSA) is 70.1 Å². The number of methoxy groups -OCH3 is 1. The van der Waals surface area contributed by atoms with Crippen LogP contribution < -0.4 is 5.73 Å². The van der Waals surface area contributed by atoms with Gasteiger partial charge in [0.15, 0.2) is 0 Å². The van der Waals surface area contributed by atoms with Gasteiger partial charge in [0, 0.05) is 11.9 Å². The van der Waals surface area contributed by atoms with Gasteiger partial charge in [-0.15, -0.1) is 0 Å². The van der Waals surface area contributed by atoms with Gasteiger partial charge in [0.1, 0.15) is 5.54 Å². The number of aryl methyl sites for hydroxylation is 1. The Balaban J connectivity index is 2.20. The molecule has 0 aliphatic heterocycles. The number of nitrogens with zero attached hydrogens (tertiary/aromatic N) is 2. The van der Waals surface area contributed by atoms with Gasteiger partial charge in [-0.1, -0.05) is 0 Å². The Morgan fingerprint density at radius 3 is 2.88 bits per heavy atom. The first-order chi connectivity index (χ1) is 7.58. The molecule has 0 bridgehead atoms. The lowest BCUT2D eigenvalue weighted by Gasteiger charge is -2.26. The minimum absolute atomic E-state index is 0.226. The maximum atomic E-state index is 11.8. The smallest absolute Gasteiger partial charge is 0.328 e. The lowest BCUT2D eigenvalue weighted by Crippen LogP contribution is -2.54. The van der Waals surface area contributed by atoms with Crippen LogP contribution in [-0.4, -0.2) is 28.4 Å². The van der Waals surface area contributed by atoms with Crippen molar-refractivity contribution in [2.75, 3.05) is 7.11 Å². The van der Waals surface area contributed by atoms with Crippen molar-refractivity contribution in [1.29, 1.82) is 0 Å². The van der Waals surface area contributed by atoms with E-state index in [0.29, 0.717) is 6.54 Å². The van der Waals surface area contributed by atoms with Crippen LogP contribution in [0.2, 0.25) is 0 Å². The summed E-state index contributed by atoms with van der Waals surface area (Å²) in [4.78, 5) is 11.8. The highest BCUT2D eigenvalue weighted by atomic mass is 16.5. The Morgan fingerprint density at radius 2 is 2.44 bits per heavy atom. The summed E-state index contributed by atoms with van der Waals surface area (Å²) in [5.41, 5.74) is 6.26. The van der Waals surface area contributed by atoms with Gasteiger partial charge >= 0.3 is 5.97 Å². The zero-order valence-corrected chi connectivity index (χ0v) is 9.64. The van der Waals surface area contributed by atoms with Crippen molar-refractivity contribution < 1.29 is 9.53 Å². The summed E-state index contributed by atoms with van der Waals surface area (Å²) >= 11 is 0. The van der Waals surface area contributed by atoms with Crippen molar-refractivity contribution in [3.8, 4) is 0 Å². The Morgan fingerprint density at radius 1 is 1.75 bits per heavy atom. The minimum atomic E-state index is -0.925. The fourth-order valence-electron chi connectivity index (χ4n) is 1.96. The molecule has 1 aliphatic rings. The van der Waals surface area contributed by atoms with Gasteiger partial charge in [0.2, 0.25) is 0 Å². The van der Waals surface area contributed by atoms with E-state index in [1.54, 1.807) is 10.9 Å². The van der Waals surface area contributed by atoms with E-state index >= 15 is 0 Å². The third-order valence-corrected chi connectivity index (χ3v) is 3.21. The first-order valence-corrected chi connectivity index (χ1v) is 5.43. The molecule has 1 fully saturated rings. The number of hydrogen-bond acceptors (Lipinski definition) is 4. The summed E-state index contributed by atoms with van der Waals surface area (Å²) in [6.45, 7) is 2.33. The fourth-order valence-corrected chi connectivity index (χ4v) is 1.96. The van der Waals surface area contributed by atoms with Crippen LogP contribution in [0, 0.1) is 12.8 Å². The summed E-state index contributed by atoms with van der Waals surface area (Å²) in [5, 5.41) is 4.16. The maximum Gasteiger partial charge on any atom is 0.328 e. The highest BCUT2D eigenvalue weighted by Crippen LogP contribution is 2.39. The van der Waals surface area contributed by atoms with Crippen LogP contribution in [0.15, 0.2) is 12.3 Å². The molecule has 1 heterocycles. The molecule has 0 saturated heterocycles. The number of carbonyl (C=O) groups is 1. The van der Waals surface area contributed by atoms with E-state index in [-0.39, 0.29) is 11.9 Å². The largest absolute Gasteiger partial charge is 0.468 e. The summed E-state index contributed by atoms with van der Waals surface area (Å²) in [6.07, 6.45) is 3.69. The van der Waals surface area contributed by atoms with Crippen LogP contribution >= 0.6 is 0 Å². The van der Waals surface area contributed by atoms with Crippen molar-refractivity contribution >= 4 is 5.97 Å². The molecular formula is C11H17N3O2. The predicted octanol–water partition coefficient (Wildman–Crippen LogP) is 0.472. The van der Waals surface area contributed by atoms with Gasteiger partial charge < -0.3 is 10.5 Å². The molecule has 0 radical (unpaired) electrons. The van der Waals surface area contributed by atoms with Crippen molar-refractivity contribution in [3.63, 3.8) is 0 Å². The molecule has 1 aromatic rings. The lowest BCUT2D eigenvalue weighted by atomic mass is 9.94. The van der Waals surface area contributed by atoms with Crippen LogP contribution in [0.3, 0.4) is 0 Å². The van der Waals surface area contributed by atoms with E-state index in [1.807, 2.05) is 13.0 Å². The number of rotatable bonds is 4. The Kier molecular flexibility index (Phi) is 2.71. The highest BCUT2D eigenvalue weighted by Gasteiger charge is 2.49. The van der Waals surface area contributed by atoms with Crippen molar-refractivity contribution in [3.05, 3.63) is 18.0 Å². The number of hydrogen-bond donors (Lipinski definition) is 1. The fraction of sp³-hybridized carbons (Fsp3) is 0.636. The van der Waals surface area contributed by atoms with E-state index in [4.69, 9.17) is 10.5 Å². The zero-order valence-electron chi connectivity index (χ0n) is 9.64. The summed E-state index contributed by atoms with van der Waals surface area (Å²) in [5.74, 6) is -0.117.